The SMILES string of the molecule is CC(C)(C)OC(=O)N(CCc1ccccc1)[C@H]1c2ccc(NS(C)(=O)=O)cc2OC(C)(C)[C@@H]1O.CN(c1ccc2c(c1)OC(C)(C)[C@H](O)[C@H]2N(CCc1ccccc1)C(=O)OC(C)(C)C)S(C)(=O)=O. The van der Waals surface area contributed by atoms with Crippen molar-refractivity contribution in [1.82, 2.24) is 9.80 Å². The Morgan fingerprint density at radius 1 is 0.638 bits per heavy atom. The molecule has 0 aromatic heterocycles. The molecule has 4 aromatic carbocycles. The van der Waals surface area contributed by atoms with Crippen molar-refractivity contribution >= 4 is 43.6 Å². The van der Waals surface area contributed by atoms with Crippen LogP contribution < -0.4 is 18.5 Å². The number of nitrogens with zero attached hydrogens (tertiary/aromatic N) is 3. The third-order valence-electron chi connectivity index (χ3n) is 11.5. The topological polar surface area (TPSA) is 202 Å². The second-order valence-electron chi connectivity index (χ2n) is 20.6. The van der Waals surface area contributed by atoms with Gasteiger partial charge in [-0.15, -0.1) is 0 Å². The number of hydrogen-bond donors (Lipinski definition) is 3. The lowest BCUT2D eigenvalue weighted by Crippen LogP contribution is -2.55. The summed E-state index contributed by atoms with van der Waals surface area (Å²) in [6.07, 6.45) is 0.110. The molecule has 2 amide bonds. The maximum absolute atomic E-state index is 13.4. The molecule has 2 aliphatic heterocycles. The maximum Gasteiger partial charge on any atom is 0.410 e. The van der Waals surface area contributed by atoms with Gasteiger partial charge in [0.2, 0.25) is 20.0 Å². The van der Waals surface area contributed by atoms with E-state index in [1.807, 2.05) is 60.7 Å². The highest BCUT2D eigenvalue weighted by atomic mass is 32.2. The first-order chi connectivity index (χ1) is 31.8. The summed E-state index contributed by atoms with van der Waals surface area (Å²) in [7, 11) is -5.50. The Morgan fingerprint density at radius 3 is 1.41 bits per heavy atom. The zero-order valence-corrected chi connectivity index (χ0v) is 43.6. The van der Waals surface area contributed by atoms with Crippen molar-refractivity contribution < 1.29 is 55.6 Å². The lowest BCUT2D eigenvalue weighted by Gasteiger charge is -2.46. The quantitative estimate of drug-likeness (QED) is 0.123. The van der Waals surface area contributed by atoms with Crippen LogP contribution in [0.4, 0.5) is 21.0 Å². The van der Waals surface area contributed by atoms with Crippen molar-refractivity contribution in [2.75, 3.05) is 41.7 Å². The molecule has 2 heterocycles. The van der Waals surface area contributed by atoms with Gasteiger partial charge in [0.1, 0.15) is 46.1 Å². The molecular formula is C51H70N4O12S2. The number of nitrogens with one attached hydrogen (secondary N) is 1. The number of anilines is 2. The van der Waals surface area contributed by atoms with Gasteiger partial charge in [-0.25, -0.2) is 26.4 Å². The van der Waals surface area contributed by atoms with Crippen molar-refractivity contribution in [1.29, 1.82) is 0 Å². The van der Waals surface area contributed by atoms with Crippen LogP contribution in [-0.2, 0) is 42.4 Å². The van der Waals surface area contributed by atoms with Gasteiger partial charge in [-0.2, -0.15) is 0 Å². The third-order valence-corrected chi connectivity index (χ3v) is 13.3. The van der Waals surface area contributed by atoms with Crippen LogP contribution in [0.15, 0.2) is 97.1 Å². The molecule has 378 valence electrons. The number of aliphatic hydroxyl groups is 2. The molecule has 0 spiro atoms. The van der Waals surface area contributed by atoms with E-state index in [9.17, 15) is 36.6 Å². The summed E-state index contributed by atoms with van der Waals surface area (Å²) in [5.41, 5.74) is 0.466. The molecule has 2 aliphatic rings. The van der Waals surface area contributed by atoms with Crippen LogP contribution in [0.3, 0.4) is 0 Å². The van der Waals surface area contributed by atoms with Gasteiger partial charge in [-0.1, -0.05) is 72.8 Å². The Labute approximate surface area is 408 Å². The van der Waals surface area contributed by atoms with E-state index in [2.05, 4.69) is 4.72 Å². The Hall–Kier alpha value is -5.56. The molecular weight excluding hydrogens is 925 g/mol. The minimum Gasteiger partial charge on any atom is -0.485 e. The summed E-state index contributed by atoms with van der Waals surface area (Å²) in [6, 6.07) is 27.8. The summed E-state index contributed by atoms with van der Waals surface area (Å²) in [6.45, 7) is 18.3. The van der Waals surface area contributed by atoms with E-state index >= 15 is 0 Å². The second kappa shape index (κ2) is 20.8. The van der Waals surface area contributed by atoms with Gasteiger partial charge in [-0.3, -0.25) is 18.8 Å². The second-order valence-corrected chi connectivity index (χ2v) is 24.4. The molecule has 6 rings (SSSR count). The van der Waals surface area contributed by atoms with Crippen LogP contribution in [0.1, 0.15) is 104 Å². The average Bonchev–Trinajstić information content (AvgIpc) is 3.21. The highest BCUT2D eigenvalue weighted by Crippen LogP contribution is 2.46. The summed E-state index contributed by atoms with van der Waals surface area (Å²) >= 11 is 0. The number of sulfonamides is 2. The van der Waals surface area contributed by atoms with Crippen molar-refractivity contribution in [3.63, 3.8) is 0 Å². The van der Waals surface area contributed by atoms with Crippen LogP contribution in [0.2, 0.25) is 0 Å². The number of amides is 2. The van der Waals surface area contributed by atoms with Gasteiger partial charge in [0, 0.05) is 43.4 Å². The summed E-state index contributed by atoms with van der Waals surface area (Å²) in [5, 5.41) is 22.7. The molecule has 0 fully saturated rings. The first-order valence-electron chi connectivity index (χ1n) is 22.8. The fraction of sp³-hybridized carbons (Fsp3) is 0.490. The van der Waals surface area contributed by atoms with Crippen LogP contribution in [0.25, 0.3) is 0 Å². The molecule has 0 saturated carbocycles. The summed E-state index contributed by atoms with van der Waals surface area (Å²) in [4.78, 5) is 29.9. The minimum atomic E-state index is -3.49. The number of fused-ring (bicyclic) bond motifs is 2. The standard InChI is InChI=1S/C26H36N2O6S.C25H34N2O6S/c1-25(2,3)34-24(30)28(16-15-18-11-9-8-10-12-18)22-20-14-13-19(27(6)35(7,31)32)17-21(20)33-26(4,5)23(22)29;1-24(2,3)33-23(29)27(15-14-17-10-8-7-9-11-17)21-19-13-12-18(26-34(6,30)31)16-20(19)32-25(4,5)22(21)28/h8-14,17,22-23,29H,15-16H2,1-7H3;7-13,16,21-22,26,28H,14-15H2,1-6H3/t22-,23+;21-,22+/m00/s1. The van der Waals surface area contributed by atoms with Crippen LogP contribution in [0, 0.1) is 0 Å². The van der Waals surface area contributed by atoms with Crippen LogP contribution in [0.5, 0.6) is 11.5 Å². The number of rotatable bonds is 12. The van der Waals surface area contributed by atoms with Crippen molar-refractivity contribution in [2.24, 2.45) is 0 Å². The fourth-order valence-electron chi connectivity index (χ4n) is 7.97. The molecule has 3 N–H and O–H groups in total. The molecule has 18 heteroatoms. The zero-order chi connectivity index (χ0) is 51.5. The van der Waals surface area contributed by atoms with Crippen molar-refractivity contribution in [3.8, 4) is 11.5 Å². The predicted octanol–water partition coefficient (Wildman–Crippen LogP) is 8.25. The van der Waals surface area contributed by atoms with Gasteiger partial charge < -0.3 is 29.2 Å². The smallest absolute Gasteiger partial charge is 0.410 e. The van der Waals surface area contributed by atoms with E-state index < -0.39 is 78.9 Å². The van der Waals surface area contributed by atoms with Crippen molar-refractivity contribution in [3.05, 3.63) is 119 Å². The Morgan fingerprint density at radius 2 is 1.03 bits per heavy atom. The van der Waals surface area contributed by atoms with Crippen LogP contribution >= 0.6 is 0 Å². The first-order valence-corrected chi connectivity index (χ1v) is 26.5. The first kappa shape index (κ1) is 54.4. The van der Waals surface area contributed by atoms with Gasteiger partial charge in [0.05, 0.1) is 36.0 Å². The lowest BCUT2D eigenvalue weighted by atomic mass is 9.85. The third kappa shape index (κ3) is 14.5. The Bertz CT molecular complexity index is 2650. The number of carbonyl (C=O) groups is 2. The number of ether oxygens (including phenoxy) is 4. The van der Waals surface area contributed by atoms with E-state index in [0.29, 0.717) is 59.9 Å². The highest BCUT2D eigenvalue weighted by Gasteiger charge is 2.49. The van der Waals surface area contributed by atoms with E-state index in [1.165, 1.54) is 11.9 Å². The normalized spacial score (nSPS) is 19.4. The van der Waals surface area contributed by atoms with Gasteiger partial charge in [0.15, 0.2) is 0 Å². The highest BCUT2D eigenvalue weighted by molar-refractivity contribution is 7.92. The molecule has 4 atom stereocenters. The van der Waals surface area contributed by atoms with Gasteiger partial charge in [0.25, 0.3) is 0 Å². The molecule has 69 heavy (non-hydrogen) atoms. The number of carbonyl (C=O) groups excluding carboxylic acids is 2. The fourth-order valence-corrected chi connectivity index (χ4v) is 9.02. The largest absolute Gasteiger partial charge is 0.485 e. The van der Waals surface area contributed by atoms with E-state index in [-0.39, 0.29) is 0 Å². The van der Waals surface area contributed by atoms with E-state index in [1.54, 1.807) is 111 Å². The molecule has 4 aromatic rings. The Kier molecular flexibility index (Phi) is 16.4. The summed E-state index contributed by atoms with van der Waals surface area (Å²) in [5.74, 6) is 0.800. The molecule has 0 radical (unpaired) electrons. The van der Waals surface area contributed by atoms with Crippen LogP contribution in [-0.4, -0.2) is 116 Å². The number of hydrogen-bond acceptors (Lipinski definition) is 12. The molecule has 0 saturated heterocycles. The molecule has 16 nitrogen and oxygen atoms in total. The molecule has 0 unspecified atom stereocenters. The number of benzene rings is 4. The molecule has 0 bridgehead atoms. The monoisotopic (exact) mass is 994 g/mol. The zero-order valence-electron chi connectivity index (χ0n) is 42.0. The van der Waals surface area contributed by atoms with Gasteiger partial charge in [-0.05, 0) is 105 Å². The average molecular weight is 995 g/mol. The number of aliphatic hydroxyl groups excluding tert-OH is 2. The van der Waals surface area contributed by atoms with Crippen molar-refractivity contribution in [2.45, 2.75) is 129 Å². The lowest BCUT2D eigenvalue weighted by molar-refractivity contribution is -0.0939. The van der Waals surface area contributed by atoms with Gasteiger partial charge >= 0.3 is 12.2 Å². The van der Waals surface area contributed by atoms with E-state index in [0.717, 1.165) is 27.9 Å². The van der Waals surface area contributed by atoms with E-state index in [4.69, 9.17) is 18.9 Å². The Balaban J connectivity index is 0.000000258. The summed E-state index contributed by atoms with van der Waals surface area (Å²) < 4.78 is 74.7. The maximum atomic E-state index is 13.4. The molecule has 0 aliphatic carbocycles. The predicted molar refractivity (Wildman–Crippen MR) is 268 cm³/mol. The minimum absolute atomic E-state index is 0.305.